The zero-order valence-electron chi connectivity index (χ0n) is 13.5. The van der Waals surface area contributed by atoms with E-state index in [4.69, 9.17) is 4.74 Å². The van der Waals surface area contributed by atoms with Crippen molar-refractivity contribution in [1.29, 1.82) is 0 Å². The molecule has 1 rings (SSSR count). The van der Waals surface area contributed by atoms with E-state index in [0.29, 0.717) is 6.61 Å². The number of ether oxygens (including phenoxy) is 1. The smallest absolute Gasteiger partial charge is 0.312 e. The number of carbonyl (C=O) groups excluding carboxylic acids is 1. The van der Waals surface area contributed by atoms with Crippen molar-refractivity contribution in [2.45, 2.75) is 60.4 Å². The number of nitrogens with zero attached hydrogens (tertiary/aromatic N) is 2. The molecule has 0 saturated carbocycles. The summed E-state index contributed by atoms with van der Waals surface area (Å²) in [6.07, 6.45) is 8.34. The maximum absolute atomic E-state index is 12.3. The van der Waals surface area contributed by atoms with E-state index in [2.05, 4.69) is 25.8 Å². The third-order valence-electron chi connectivity index (χ3n) is 4.43. The van der Waals surface area contributed by atoms with E-state index in [1.165, 1.54) is 0 Å². The van der Waals surface area contributed by atoms with Crippen molar-refractivity contribution in [3.8, 4) is 0 Å². The van der Waals surface area contributed by atoms with Gasteiger partial charge in [-0.25, -0.2) is 4.98 Å². The molecule has 4 heteroatoms. The van der Waals surface area contributed by atoms with Gasteiger partial charge < -0.3 is 9.30 Å². The first-order valence-electron chi connectivity index (χ1n) is 7.44. The number of esters is 1. The largest absolute Gasteiger partial charge is 0.465 e. The molecule has 0 radical (unpaired) electrons. The summed E-state index contributed by atoms with van der Waals surface area (Å²) in [7, 11) is 0. The van der Waals surface area contributed by atoms with Crippen LogP contribution in [0.1, 0.15) is 53.9 Å². The number of rotatable bonds is 8. The van der Waals surface area contributed by atoms with Crippen LogP contribution in [0.25, 0.3) is 0 Å². The van der Waals surface area contributed by atoms with Crippen molar-refractivity contribution in [1.82, 2.24) is 9.55 Å². The van der Waals surface area contributed by atoms with Gasteiger partial charge in [0.2, 0.25) is 0 Å². The van der Waals surface area contributed by atoms with Crippen LogP contribution in [0.5, 0.6) is 0 Å². The minimum atomic E-state index is -0.460. The molecule has 4 nitrogen and oxygen atoms in total. The summed E-state index contributed by atoms with van der Waals surface area (Å²) < 4.78 is 7.45. The van der Waals surface area contributed by atoms with E-state index in [0.717, 1.165) is 25.8 Å². The van der Waals surface area contributed by atoms with Crippen LogP contribution in [-0.2, 0) is 16.1 Å². The number of hydrogen-bond donors (Lipinski definition) is 0. The second kappa shape index (κ2) is 6.91. The van der Waals surface area contributed by atoms with Crippen molar-refractivity contribution in [2.24, 2.45) is 10.8 Å². The van der Waals surface area contributed by atoms with Gasteiger partial charge in [-0.05, 0) is 32.1 Å². The lowest BCUT2D eigenvalue weighted by atomic mass is 9.65. The molecular formula is C16H28N2O2. The van der Waals surface area contributed by atoms with E-state index >= 15 is 0 Å². The Morgan fingerprint density at radius 1 is 1.30 bits per heavy atom. The summed E-state index contributed by atoms with van der Waals surface area (Å²) in [5.74, 6) is -0.0958. The molecule has 0 aromatic carbocycles. The van der Waals surface area contributed by atoms with Gasteiger partial charge in [-0.1, -0.05) is 27.2 Å². The number of carbonyl (C=O) groups is 1. The molecular weight excluding hydrogens is 252 g/mol. The van der Waals surface area contributed by atoms with E-state index in [1.54, 1.807) is 12.5 Å². The molecule has 0 aliphatic carbocycles. The lowest BCUT2D eigenvalue weighted by Gasteiger charge is -2.39. The summed E-state index contributed by atoms with van der Waals surface area (Å²) >= 11 is 0. The minimum absolute atomic E-state index is 0.0524. The van der Waals surface area contributed by atoms with Crippen LogP contribution < -0.4 is 0 Å². The van der Waals surface area contributed by atoms with Gasteiger partial charge in [0.1, 0.15) is 0 Å². The van der Waals surface area contributed by atoms with Crippen LogP contribution in [0, 0.1) is 10.8 Å². The number of aryl methyl sites for hydroxylation is 1. The molecule has 0 fully saturated rings. The zero-order valence-corrected chi connectivity index (χ0v) is 13.5. The van der Waals surface area contributed by atoms with Gasteiger partial charge in [-0.3, -0.25) is 4.79 Å². The summed E-state index contributed by atoms with van der Waals surface area (Å²) in [5, 5.41) is 0. The Kier molecular flexibility index (Phi) is 5.78. The summed E-state index contributed by atoms with van der Waals surface area (Å²) in [6.45, 7) is 11.7. The van der Waals surface area contributed by atoms with Gasteiger partial charge in [0.05, 0.1) is 18.3 Å². The van der Waals surface area contributed by atoms with Crippen LogP contribution >= 0.6 is 0 Å². The molecule has 0 amide bonds. The fraction of sp³-hybridized carbons (Fsp3) is 0.750. The average Bonchev–Trinajstić information content (AvgIpc) is 2.87. The van der Waals surface area contributed by atoms with Crippen LogP contribution in [0.4, 0.5) is 0 Å². The van der Waals surface area contributed by atoms with Crippen molar-refractivity contribution in [3.63, 3.8) is 0 Å². The van der Waals surface area contributed by atoms with E-state index in [-0.39, 0.29) is 11.4 Å². The fourth-order valence-electron chi connectivity index (χ4n) is 2.23. The molecule has 0 atom stereocenters. The van der Waals surface area contributed by atoms with E-state index < -0.39 is 5.41 Å². The summed E-state index contributed by atoms with van der Waals surface area (Å²) in [5.41, 5.74) is -0.513. The highest BCUT2D eigenvalue weighted by atomic mass is 16.5. The SMILES string of the molecule is CCCC(C)(C)C(C)(C)C(=O)OCCCn1ccnc1. The number of aromatic nitrogens is 2. The first kappa shape index (κ1) is 16.7. The predicted molar refractivity (Wildman–Crippen MR) is 80.3 cm³/mol. The Balaban J connectivity index is 2.41. The third kappa shape index (κ3) is 4.09. The van der Waals surface area contributed by atoms with Crippen molar-refractivity contribution < 1.29 is 9.53 Å². The second-order valence-corrected chi connectivity index (χ2v) is 6.55. The molecule has 1 aromatic rings. The standard InChI is InChI=1S/C16H28N2O2/c1-6-8-15(2,3)16(4,5)14(19)20-12-7-10-18-11-9-17-13-18/h9,11,13H,6-8,10,12H2,1-5H3. The molecule has 1 aromatic heterocycles. The van der Waals surface area contributed by atoms with E-state index in [9.17, 15) is 4.79 Å². The average molecular weight is 280 g/mol. The van der Waals surface area contributed by atoms with Gasteiger partial charge in [0.25, 0.3) is 0 Å². The third-order valence-corrected chi connectivity index (χ3v) is 4.43. The molecule has 0 bridgehead atoms. The molecule has 0 spiro atoms. The molecule has 114 valence electrons. The molecule has 20 heavy (non-hydrogen) atoms. The van der Waals surface area contributed by atoms with Crippen LogP contribution in [0.3, 0.4) is 0 Å². The molecule has 0 aliphatic heterocycles. The number of imidazole rings is 1. The highest BCUT2D eigenvalue weighted by Gasteiger charge is 2.43. The van der Waals surface area contributed by atoms with Gasteiger partial charge in [-0.2, -0.15) is 0 Å². The van der Waals surface area contributed by atoms with Crippen LogP contribution in [0.15, 0.2) is 18.7 Å². The maximum atomic E-state index is 12.3. The topological polar surface area (TPSA) is 44.1 Å². The van der Waals surface area contributed by atoms with E-state index in [1.807, 2.05) is 24.6 Å². The van der Waals surface area contributed by atoms with Crippen LogP contribution in [-0.4, -0.2) is 22.1 Å². The monoisotopic (exact) mass is 280 g/mol. The lowest BCUT2D eigenvalue weighted by molar-refractivity contribution is -0.161. The predicted octanol–water partition coefficient (Wildman–Crippen LogP) is 3.67. The second-order valence-electron chi connectivity index (χ2n) is 6.55. The quantitative estimate of drug-likeness (QED) is 0.539. The minimum Gasteiger partial charge on any atom is -0.465 e. The number of hydrogen-bond acceptors (Lipinski definition) is 3. The lowest BCUT2D eigenvalue weighted by Crippen LogP contribution is -2.41. The van der Waals surface area contributed by atoms with Gasteiger partial charge in [-0.15, -0.1) is 0 Å². The first-order valence-corrected chi connectivity index (χ1v) is 7.44. The van der Waals surface area contributed by atoms with Crippen molar-refractivity contribution in [3.05, 3.63) is 18.7 Å². The Hall–Kier alpha value is -1.32. The van der Waals surface area contributed by atoms with Crippen molar-refractivity contribution >= 4 is 5.97 Å². The molecule has 0 saturated heterocycles. The molecule has 1 heterocycles. The Bertz CT molecular complexity index is 408. The highest BCUT2D eigenvalue weighted by Crippen LogP contribution is 2.43. The molecule has 0 N–H and O–H groups in total. The summed E-state index contributed by atoms with van der Waals surface area (Å²) in [6, 6.07) is 0. The van der Waals surface area contributed by atoms with Gasteiger partial charge in [0.15, 0.2) is 0 Å². The Labute approximate surface area is 122 Å². The molecule has 0 aliphatic rings. The Morgan fingerprint density at radius 2 is 2.00 bits per heavy atom. The van der Waals surface area contributed by atoms with Crippen LogP contribution in [0.2, 0.25) is 0 Å². The first-order chi connectivity index (χ1) is 9.31. The highest BCUT2D eigenvalue weighted by molar-refractivity contribution is 5.76. The zero-order chi connectivity index (χ0) is 15.2. The normalized spacial score (nSPS) is 12.4. The van der Waals surface area contributed by atoms with Gasteiger partial charge >= 0.3 is 5.97 Å². The van der Waals surface area contributed by atoms with Gasteiger partial charge in [0, 0.05) is 18.9 Å². The Morgan fingerprint density at radius 3 is 2.55 bits per heavy atom. The molecule has 0 unspecified atom stereocenters. The summed E-state index contributed by atoms with van der Waals surface area (Å²) in [4.78, 5) is 16.3. The fourth-order valence-corrected chi connectivity index (χ4v) is 2.23. The van der Waals surface area contributed by atoms with Crippen molar-refractivity contribution in [2.75, 3.05) is 6.61 Å². The maximum Gasteiger partial charge on any atom is 0.312 e.